The molecule has 0 unspecified atom stereocenters. The van der Waals surface area contributed by atoms with E-state index in [2.05, 4.69) is 29.4 Å². The summed E-state index contributed by atoms with van der Waals surface area (Å²) in [6.07, 6.45) is 1.54. The number of hydrogen-bond donors (Lipinski definition) is 0. The van der Waals surface area contributed by atoms with Crippen LogP contribution in [-0.4, -0.2) is 29.6 Å². The van der Waals surface area contributed by atoms with Gasteiger partial charge in [-0.3, -0.25) is 4.68 Å². The SMILES string of the molecule is Cc1nn(Cc2cccc3ccccc23)c(C)c1S(=O)(=O)N(C)Cc1ccco1. The van der Waals surface area contributed by atoms with Crippen molar-refractivity contribution in [3.05, 3.63) is 83.6 Å². The molecule has 0 aliphatic carbocycles. The number of rotatable bonds is 6. The first-order chi connectivity index (χ1) is 13.9. The molecule has 2 aromatic heterocycles. The van der Waals surface area contributed by atoms with Crippen molar-refractivity contribution in [3.8, 4) is 0 Å². The van der Waals surface area contributed by atoms with Crippen LogP contribution in [0.1, 0.15) is 22.7 Å². The molecule has 0 saturated carbocycles. The summed E-state index contributed by atoms with van der Waals surface area (Å²) < 4.78 is 34.8. The van der Waals surface area contributed by atoms with Crippen molar-refractivity contribution >= 4 is 20.8 Å². The molecule has 0 fully saturated rings. The molecule has 2 aromatic carbocycles. The molecule has 0 aliphatic heterocycles. The highest BCUT2D eigenvalue weighted by atomic mass is 32.2. The predicted molar refractivity (Wildman–Crippen MR) is 112 cm³/mol. The van der Waals surface area contributed by atoms with Gasteiger partial charge >= 0.3 is 0 Å². The number of benzene rings is 2. The van der Waals surface area contributed by atoms with Crippen LogP contribution in [0, 0.1) is 13.8 Å². The molecule has 0 amide bonds. The van der Waals surface area contributed by atoms with Gasteiger partial charge in [0.2, 0.25) is 10.0 Å². The third kappa shape index (κ3) is 3.59. The van der Waals surface area contributed by atoms with E-state index in [0.717, 1.165) is 16.3 Å². The number of nitrogens with zero attached hydrogens (tertiary/aromatic N) is 3. The highest BCUT2D eigenvalue weighted by Gasteiger charge is 2.29. The minimum Gasteiger partial charge on any atom is -0.468 e. The number of hydrogen-bond acceptors (Lipinski definition) is 4. The molecule has 0 radical (unpaired) electrons. The smallest absolute Gasteiger partial charge is 0.246 e. The zero-order chi connectivity index (χ0) is 20.6. The maximum absolute atomic E-state index is 13.2. The van der Waals surface area contributed by atoms with E-state index in [4.69, 9.17) is 4.42 Å². The molecule has 7 heteroatoms. The average molecular weight is 410 g/mol. The van der Waals surface area contributed by atoms with Crippen molar-refractivity contribution in [1.82, 2.24) is 14.1 Å². The van der Waals surface area contributed by atoms with Gasteiger partial charge in [-0.25, -0.2) is 8.42 Å². The first kappa shape index (κ1) is 19.4. The standard InChI is InChI=1S/C22H23N3O3S/c1-16-22(29(26,27)24(3)15-20-11-7-13-28-20)17(2)25(23-16)14-19-10-6-9-18-8-4-5-12-21(18)19/h4-13H,14-15H2,1-3H3. The van der Waals surface area contributed by atoms with Gasteiger partial charge in [0.25, 0.3) is 0 Å². The monoisotopic (exact) mass is 409 g/mol. The molecule has 0 aliphatic rings. The van der Waals surface area contributed by atoms with Crippen LogP contribution in [0.15, 0.2) is 70.2 Å². The lowest BCUT2D eigenvalue weighted by Crippen LogP contribution is -2.27. The summed E-state index contributed by atoms with van der Waals surface area (Å²) in [5.74, 6) is 0.592. The largest absolute Gasteiger partial charge is 0.468 e. The van der Waals surface area contributed by atoms with Gasteiger partial charge in [-0.1, -0.05) is 42.5 Å². The van der Waals surface area contributed by atoms with Gasteiger partial charge < -0.3 is 4.42 Å². The molecular weight excluding hydrogens is 386 g/mol. The van der Waals surface area contributed by atoms with Crippen molar-refractivity contribution < 1.29 is 12.8 Å². The van der Waals surface area contributed by atoms with E-state index in [0.29, 0.717) is 23.7 Å². The summed E-state index contributed by atoms with van der Waals surface area (Å²) in [5.41, 5.74) is 2.22. The Balaban J connectivity index is 1.69. The Bertz CT molecular complexity index is 1250. The van der Waals surface area contributed by atoms with Crippen LogP contribution >= 0.6 is 0 Å². The molecular formula is C22H23N3O3S. The summed E-state index contributed by atoms with van der Waals surface area (Å²) in [5, 5.41) is 6.84. The highest BCUT2D eigenvalue weighted by Crippen LogP contribution is 2.26. The second-order valence-corrected chi connectivity index (χ2v) is 9.12. The predicted octanol–water partition coefficient (Wildman–Crippen LogP) is 4.12. The summed E-state index contributed by atoms with van der Waals surface area (Å²) >= 11 is 0. The van der Waals surface area contributed by atoms with Crippen molar-refractivity contribution in [1.29, 1.82) is 0 Å². The van der Waals surface area contributed by atoms with Crippen LogP contribution in [-0.2, 0) is 23.1 Å². The number of sulfonamides is 1. The molecule has 4 aromatic rings. The van der Waals surface area contributed by atoms with Crippen LogP contribution < -0.4 is 0 Å². The summed E-state index contributed by atoms with van der Waals surface area (Å²) in [4.78, 5) is 0.256. The molecule has 6 nitrogen and oxygen atoms in total. The fourth-order valence-electron chi connectivity index (χ4n) is 3.66. The van der Waals surface area contributed by atoms with Crippen LogP contribution in [0.2, 0.25) is 0 Å². The van der Waals surface area contributed by atoms with Gasteiger partial charge in [0.15, 0.2) is 0 Å². The van der Waals surface area contributed by atoms with Crippen LogP contribution in [0.4, 0.5) is 0 Å². The summed E-state index contributed by atoms with van der Waals surface area (Å²) in [6.45, 7) is 4.22. The molecule has 0 atom stereocenters. The molecule has 29 heavy (non-hydrogen) atoms. The van der Waals surface area contributed by atoms with Gasteiger partial charge in [-0.05, 0) is 42.3 Å². The van der Waals surface area contributed by atoms with E-state index >= 15 is 0 Å². The quantitative estimate of drug-likeness (QED) is 0.480. The van der Waals surface area contributed by atoms with Crippen molar-refractivity contribution in [2.24, 2.45) is 0 Å². The van der Waals surface area contributed by atoms with Gasteiger partial charge in [-0.2, -0.15) is 9.40 Å². The number of fused-ring (bicyclic) bond motifs is 1. The number of aromatic nitrogens is 2. The third-order valence-corrected chi connectivity index (χ3v) is 7.20. The first-order valence-corrected chi connectivity index (χ1v) is 10.8. The Hall–Kier alpha value is -2.90. The lowest BCUT2D eigenvalue weighted by molar-refractivity contribution is 0.406. The van der Waals surface area contributed by atoms with Crippen molar-refractivity contribution in [2.75, 3.05) is 7.05 Å². The molecule has 150 valence electrons. The van der Waals surface area contributed by atoms with Gasteiger partial charge in [0.1, 0.15) is 10.7 Å². The van der Waals surface area contributed by atoms with E-state index < -0.39 is 10.0 Å². The second-order valence-electron chi connectivity index (χ2n) is 7.14. The van der Waals surface area contributed by atoms with E-state index in [1.807, 2.05) is 18.2 Å². The highest BCUT2D eigenvalue weighted by molar-refractivity contribution is 7.89. The topological polar surface area (TPSA) is 68.3 Å². The second kappa shape index (κ2) is 7.50. The fraction of sp³-hybridized carbons (Fsp3) is 0.227. The van der Waals surface area contributed by atoms with Crippen LogP contribution in [0.25, 0.3) is 10.8 Å². The summed E-state index contributed by atoms with van der Waals surface area (Å²) in [7, 11) is -2.15. The van der Waals surface area contributed by atoms with E-state index in [9.17, 15) is 8.42 Å². The first-order valence-electron chi connectivity index (χ1n) is 9.37. The maximum Gasteiger partial charge on any atom is 0.246 e. The Morgan fingerprint density at radius 3 is 2.55 bits per heavy atom. The average Bonchev–Trinajstić information content (AvgIpc) is 3.30. The normalized spacial score (nSPS) is 12.1. The molecule has 0 spiro atoms. The lowest BCUT2D eigenvalue weighted by Gasteiger charge is -2.16. The molecule has 0 saturated heterocycles. The Kier molecular flexibility index (Phi) is 5.02. The Labute approximate surface area is 170 Å². The van der Waals surface area contributed by atoms with E-state index in [1.54, 1.807) is 37.7 Å². The maximum atomic E-state index is 13.2. The van der Waals surface area contributed by atoms with E-state index in [-0.39, 0.29) is 11.4 Å². The molecule has 4 rings (SSSR count). The third-order valence-electron chi connectivity index (χ3n) is 5.14. The molecule has 0 N–H and O–H groups in total. The van der Waals surface area contributed by atoms with Crippen molar-refractivity contribution in [2.45, 2.75) is 31.8 Å². The van der Waals surface area contributed by atoms with E-state index in [1.165, 1.54) is 10.6 Å². The number of aryl methyl sites for hydroxylation is 1. The Morgan fingerprint density at radius 2 is 1.79 bits per heavy atom. The Morgan fingerprint density at radius 1 is 1.03 bits per heavy atom. The van der Waals surface area contributed by atoms with Gasteiger partial charge in [-0.15, -0.1) is 0 Å². The molecule has 0 bridgehead atoms. The summed E-state index contributed by atoms with van der Waals surface area (Å²) in [6, 6.07) is 17.8. The van der Waals surface area contributed by atoms with Gasteiger partial charge in [0.05, 0.1) is 30.7 Å². The minimum absolute atomic E-state index is 0.169. The minimum atomic E-state index is -3.70. The fourth-order valence-corrected chi connectivity index (χ4v) is 5.16. The van der Waals surface area contributed by atoms with Crippen molar-refractivity contribution in [3.63, 3.8) is 0 Å². The number of furan rings is 1. The van der Waals surface area contributed by atoms with Gasteiger partial charge in [0, 0.05) is 7.05 Å². The van der Waals surface area contributed by atoms with Crippen LogP contribution in [0.3, 0.4) is 0 Å². The zero-order valence-electron chi connectivity index (χ0n) is 16.7. The van der Waals surface area contributed by atoms with Crippen LogP contribution in [0.5, 0.6) is 0 Å². The lowest BCUT2D eigenvalue weighted by atomic mass is 10.0. The zero-order valence-corrected chi connectivity index (χ0v) is 17.5. The molecule has 2 heterocycles.